The second-order valence-electron chi connectivity index (χ2n) is 12.7. The number of nitrogens with zero attached hydrogens (tertiary/aromatic N) is 8. The molecule has 12 nitrogen and oxygen atoms in total. The van der Waals surface area contributed by atoms with Gasteiger partial charge in [-0.05, 0) is 58.9 Å². The van der Waals surface area contributed by atoms with Gasteiger partial charge in [-0.15, -0.1) is 0 Å². The zero-order chi connectivity index (χ0) is 37.2. The third kappa shape index (κ3) is 10.1. The van der Waals surface area contributed by atoms with Crippen molar-refractivity contribution in [1.82, 2.24) is 29.9 Å². The van der Waals surface area contributed by atoms with Crippen molar-refractivity contribution in [3.05, 3.63) is 104 Å². The molecule has 0 spiro atoms. The smallest absolute Gasteiger partial charge is 0.223 e. The van der Waals surface area contributed by atoms with Crippen molar-refractivity contribution in [3.8, 4) is 11.5 Å². The Morgan fingerprint density at radius 2 is 1.21 bits per heavy atom. The number of aromatic nitrogens is 6. The van der Waals surface area contributed by atoms with Gasteiger partial charge in [0.15, 0.2) is 0 Å². The molecular formula is C38H46Cl2N10O2. The number of pyridine rings is 2. The van der Waals surface area contributed by atoms with Crippen LogP contribution in [0.2, 0.25) is 10.3 Å². The molecule has 0 aliphatic heterocycles. The summed E-state index contributed by atoms with van der Waals surface area (Å²) in [5, 5.41) is 0.582. The van der Waals surface area contributed by atoms with Gasteiger partial charge in [0.2, 0.25) is 11.9 Å². The summed E-state index contributed by atoms with van der Waals surface area (Å²) in [4.78, 5) is 30.8. The normalized spacial score (nSPS) is 11.1. The molecule has 0 amide bonds. The highest BCUT2D eigenvalue weighted by atomic mass is 35.5. The second-order valence-corrected chi connectivity index (χ2v) is 13.5. The molecule has 0 fully saturated rings. The number of hydrogen-bond donors (Lipinski definition) is 2. The molecule has 274 valence electrons. The molecule has 0 aliphatic carbocycles. The Morgan fingerprint density at radius 3 is 1.77 bits per heavy atom. The number of unbranched alkanes of at least 4 members (excludes halogenated alkanes) is 2. The Morgan fingerprint density at radius 1 is 0.673 bits per heavy atom. The van der Waals surface area contributed by atoms with Crippen LogP contribution in [0.3, 0.4) is 0 Å². The van der Waals surface area contributed by atoms with Crippen LogP contribution in [0.1, 0.15) is 58.5 Å². The first-order valence-electron chi connectivity index (χ1n) is 17.2. The number of nitrogens with two attached hydrogens (primary N) is 2. The maximum Gasteiger partial charge on any atom is 0.223 e. The minimum absolute atomic E-state index is 0.124. The summed E-state index contributed by atoms with van der Waals surface area (Å²) in [5.74, 6) is 3.21. The number of halogens is 2. The van der Waals surface area contributed by atoms with Gasteiger partial charge in [0.25, 0.3) is 0 Å². The number of aryl methyl sites for hydroxylation is 2. The zero-order valence-electron chi connectivity index (χ0n) is 30.4. The van der Waals surface area contributed by atoms with Gasteiger partial charge in [-0.3, -0.25) is 9.97 Å². The average Bonchev–Trinajstić information content (AvgIpc) is 3.10. The lowest BCUT2D eigenvalue weighted by Gasteiger charge is -2.25. The molecule has 4 aromatic heterocycles. The maximum atomic E-state index is 6.42. The van der Waals surface area contributed by atoms with Crippen LogP contribution < -0.4 is 30.7 Å². The van der Waals surface area contributed by atoms with Crippen LogP contribution in [0.5, 0.6) is 11.5 Å². The molecule has 0 aliphatic rings. The first kappa shape index (κ1) is 38.3. The van der Waals surface area contributed by atoms with E-state index in [0.29, 0.717) is 54.7 Å². The number of hydrogen-bond acceptors (Lipinski definition) is 12. The van der Waals surface area contributed by atoms with Crippen molar-refractivity contribution in [2.75, 3.05) is 48.1 Å². The van der Waals surface area contributed by atoms with E-state index in [1.54, 1.807) is 19.2 Å². The van der Waals surface area contributed by atoms with E-state index in [1.165, 1.54) is 5.56 Å². The highest BCUT2D eigenvalue weighted by Gasteiger charge is 2.19. The van der Waals surface area contributed by atoms with Gasteiger partial charge in [-0.2, -0.15) is 9.97 Å². The van der Waals surface area contributed by atoms with Crippen LogP contribution in [0.25, 0.3) is 0 Å². The van der Waals surface area contributed by atoms with Gasteiger partial charge in [-0.25, -0.2) is 9.97 Å². The van der Waals surface area contributed by atoms with Crippen LogP contribution >= 0.6 is 23.2 Å². The van der Waals surface area contributed by atoms with Crippen molar-refractivity contribution in [1.29, 1.82) is 0 Å². The molecule has 5 rings (SSSR count). The third-order valence-corrected chi connectivity index (χ3v) is 9.24. The number of benzene rings is 1. The molecular weight excluding hydrogens is 699 g/mol. The van der Waals surface area contributed by atoms with E-state index in [2.05, 4.69) is 41.9 Å². The quantitative estimate of drug-likeness (QED) is 0.0727. The van der Waals surface area contributed by atoms with Gasteiger partial charge >= 0.3 is 0 Å². The topological polar surface area (TPSA) is 154 Å². The summed E-state index contributed by atoms with van der Waals surface area (Å²) >= 11 is 12.6. The fourth-order valence-corrected chi connectivity index (χ4v) is 6.48. The second kappa shape index (κ2) is 18.0. The van der Waals surface area contributed by atoms with E-state index >= 15 is 0 Å². The summed E-state index contributed by atoms with van der Waals surface area (Å²) in [5.41, 5.74) is 18.9. The molecule has 1 aromatic carbocycles. The van der Waals surface area contributed by atoms with E-state index in [4.69, 9.17) is 54.1 Å². The number of nitrogen functional groups attached to an aromatic ring is 2. The Kier molecular flexibility index (Phi) is 13.3. The molecule has 0 saturated heterocycles. The first-order chi connectivity index (χ1) is 25.0. The molecule has 52 heavy (non-hydrogen) atoms. The average molecular weight is 746 g/mol. The molecule has 4 N–H and O–H groups in total. The number of methoxy groups -OCH3 is 1. The highest BCUT2D eigenvalue weighted by Crippen LogP contribution is 2.29. The minimum Gasteiger partial charge on any atom is -0.496 e. The summed E-state index contributed by atoms with van der Waals surface area (Å²) in [6.45, 7) is 11.0. The Labute approximate surface area is 315 Å². The number of rotatable bonds is 17. The van der Waals surface area contributed by atoms with E-state index in [0.717, 1.165) is 70.8 Å². The Bertz CT molecular complexity index is 1920. The van der Waals surface area contributed by atoms with Gasteiger partial charge in [0.1, 0.15) is 33.4 Å². The van der Waals surface area contributed by atoms with Gasteiger partial charge in [-0.1, -0.05) is 53.5 Å². The van der Waals surface area contributed by atoms with Gasteiger partial charge in [0, 0.05) is 59.9 Å². The Balaban J connectivity index is 1.23. The third-order valence-electron chi connectivity index (χ3n) is 8.85. The summed E-state index contributed by atoms with van der Waals surface area (Å²) in [7, 11) is 1.68. The molecule has 5 aromatic rings. The monoisotopic (exact) mass is 744 g/mol. The van der Waals surface area contributed by atoms with Crippen LogP contribution in [0.4, 0.5) is 23.5 Å². The molecule has 0 atom stereocenters. The fraction of sp³-hybridized carbons (Fsp3) is 0.368. The number of ether oxygens (including phenoxy) is 2. The largest absolute Gasteiger partial charge is 0.496 e. The minimum atomic E-state index is 0.124. The van der Waals surface area contributed by atoms with Crippen molar-refractivity contribution in [2.24, 2.45) is 0 Å². The van der Waals surface area contributed by atoms with Crippen molar-refractivity contribution >= 4 is 46.7 Å². The lowest BCUT2D eigenvalue weighted by atomic mass is 10.1. The lowest BCUT2D eigenvalue weighted by molar-refractivity contribution is 0.300. The van der Waals surface area contributed by atoms with Crippen LogP contribution in [0.15, 0.2) is 54.9 Å². The summed E-state index contributed by atoms with van der Waals surface area (Å²) in [6.07, 6.45) is 7.16. The first-order valence-corrected chi connectivity index (χ1v) is 18.0. The molecule has 0 saturated carbocycles. The van der Waals surface area contributed by atoms with Gasteiger partial charge < -0.3 is 30.7 Å². The maximum absolute atomic E-state index is 6.42. The van der Waals surface area contributed by atoms with E-state index < -0.39 is 0 Å². The van der Waals surface area contributed by atoms with Gasteiger partial charge in [0.05, 0.1) is 38.2 Å². The SMILES string of the molecule is COc1c(C)cnc(CN(CCCCCOc2c(C)cnc(CN(CCc3ccccc3)c3cc(Cl)nc(N)n3)c2C)c2cc(Cl)nc(N)n2)c1C. The zero-order valence-corrected chi connectivity index (χ0v) is 31.9. The van der Waals surface area contributed by atoms with E-state index in [9.17, 15) is 0 Å². The predicted octanol–water partition coefficient (Wildman–Crippen LogP) is 7.28. The molecule has 0 bridgehead atoms. The van der Waals surface area contributed by atoms with Crippen molar-refractivity contribution in [3.63, 3.8) is 0 Å². The van der Waals surface area contributed by atoms with Crippen LogP contribution in [-0.2, 0) is 19.5 Å². The Hall–Kier alpha value is -4.94. The molecule has 14 heteroatoms. The summed E-state index contributed by atoms with van der Waals surface area (Å²) in [6, 6.07) is 13.8. The van der Waals surface area contributed by atoms with Crippen molar-refractivity contribution < 1.29 is 9.47 Å². The number of anilines is 4. The molecule has 0 unspecified atom stereocenters. The van der Waals surface area contributed by atoms with Crippen LogP contribution in [0, 0.1) is 27.7 Å². The predicted molar refractivity (Wildman–Crippen MR) is 208 cm³/mol. The molecule has 0 radical (unpaired) electrons. The lowest BCUT2D eigenvalue weighted by Crippen LogP contribution is -2.28. The highest BCUT2D eigenvalue weighted by molar-refractivity contribution is 6.30. The van der Waals surface area contributed by atoms with E-state index in [-0.39, 0.29) is 11.9 Å². The fourth-order valence-electron chi connectivity index (χ4n) is 6.11. The standard InChI is InChI=1S/C38H46Cl2N10O2/c1-24-20-43-29(26(3)35(24)51-5)22-49(33-18-31(39)45-37(41)47-33)15-10-7-11-17-52-36-25(2)21-44-30(27(36)4)23-50(16-14-28-12-8-6-9-13-28)34-19-32(40)46-38(42)48-34/h6,8-9,12-13,18-21H,7,10-11,14-17,22-23H2,1-5H3,(H2,41,45,47)(H2,42,46,48). The molecule has 4 heterocycles. The summed E-state index contributed by atoms with van der Waals surface area (Å²) < 4.78 is 12.1. The van der Waals surface area contributed by atoms with E-state index in [1.807, 2.05) is 58.3 Å². The van der Waals surface area contributed by atoms with Crippen LogP contribution in [-0.4, -0.2) is 56.7 Å². The van der Waals surface area contributed by atoms with Crippen molar-refractivity contribution in [2.45, 2.75) is 66.5 Å².